The number of aliphatic hydroxyl groups is 1. The molecule has 0 bridgehead atoms. The number of fused-ring (bicyclic) bond motifs is 1. The quantitative estimate of drug-likeness (QED) is 0.381. The highest BCUT2D eigenvalue weighted by atomic mass is 16.3. The number of nitrogens with zero attached hydrogens (tertiary/aromatic N) is 2. The molecule has 36 heavy (non-hydrogen) atoms. The molecular weight excluding hydrogens is 454 g/mol. The number of aliphatic hydroxyl groups excluding tert-OH is 1. The second kappa shape index (κ2) is 9.89. The van der Waals surface area contributed by atoms with Crippen molar-refractivity contribution in [2.75, 3.05) is 23.0 Å². The summed E-state index contributed by atoms with van der Waals surface area (Å²) in [4.78, 5) is 41.4. The van der Waals surface area contributed by atoms with Gasteiger partial charge in [-0.1, -0.05) is 72.3 Å². The highest BCUT2D eigenvalue weighted by molar-refractivity contribution is 6.52. The topological polar surface area (TPSA) is 90.0 Å². The van der Waals surface area contributed by atoms with Gasteiger partial charge in [-0.2, -0.15) is 0 Å². The van der Waals surface area contributed by atoms with E-state index < -0.39 is 23.8 Å². The number of β-lactam (4-membered cyclic amide) rings is 1. The fourth-order valence-electron chi connectivity index (χ4n) is 4.72. The number of carbonyl (C=O) groups is 3. The number of ketones is 1. The summed E-state index contributed by atoms with van der Waals surface area (Å²) in [5.41, 5.74) is 3.78. The van der Waals surface area contributed by atoms with E-state index in [2.05, 4.69) is 5.32 Å². The SMILES string of the molecule is Cc1ccc(N2C(=O)[C@@H](NC(CO)CN3C(=O)C(=O)c4ccccc43)[C@H]2/C=C/c2ccccc2)cc1. The van der Waals surface area contributed by atoms with E-state index in [1.54, 1.807) is 29.2 Å². The van der Waals surface area contributed by atoms with Crippen LogP contribution in [0.25, 0.3) is 6.08 Å². The zero-order valence-corrected chi connectivity index (χ0v) is 19.9. The van der Waals surface area contributed by atoms with Crippen molar-refractivity contribution in [2.24, 2.45) is 0 Å². The van der Waals surface area contributed by atoms with E-state index in [0.717, 1.165) is 16.8 Å². The van der Waals surface area contributed by atoms with Crippen molar-refractivity contribution in [3.63, 3.8) is 0 Å². The molecule has 2 amide bonds. The Morgan fingerprint density at radius 2 is 1.64 bits per heavy atom. The lowest BCUT2D eigenvalue weighted by molar-refractivity contribution is -0.126. The number of hydrogen-bond acceptors (Lipinski definition) is 5. The molecule has 0 aliphatic carbocycles. The van der Waals surface area contributed by atoms with Crippen LogP contribution in [0.15, 0.2) is 84.9 Å². The number of carbonyl (C=O) groups excluding carboxylic acids is 3. The Morgan fingerprint density at radius 1 is 0.944 bits per heavy atom. The Hall–Kier alpha value is -4.07. The lowest BCUT2D eigenvalue weighted by atomic mass is 9.91. The predicted molar refractivity (Wildman–Crippen MR) is 139 cm³/mol. The van der Waals surface area contributed by atoms with Crippen LogP contribution in [0.2, 0.25) is 0 Å². The van der Waals surface area contributed by atoms with E-state index in [4.69, 9.17) is 0 Å². The molecule has 7 nitrogen and oxygen atoms in total. The van der Waals surface area contributed by atoms with Crippen molar-refractivity contribution in [2.45, 2.75) is 25.0 Å². The zero-order valence-electron chi connectivity index (χ0n) is 19.9. The molecule has 5 rings (SSSR count). The minimum absolute atomic E-state index is 0.0710. The maximum absolute atomic E-state index is 13.3. The summed E-state index contributed by atoms with van der Waals surface area (Å²) in [6, 6.07) is 22.9. The number of rotatable bonds is 8. The summed E-state index contributed by atoms with van der Waals surface area (Å²) in [5.74, 6) is -1.31. The first kappa shape index (κ1) is 23.7. The van der Waals surface area contributed by atoms with Gasteiger partial charge in [-0.05, 0) is 36.8 Å². The maximum atomic E-state index is 13.3. The first-order chi connectivity index (χ1) is 17.5. The first-order valence-corrected chi connectivity index (χ1v) is 11.9. The van der Waals surface area contributed by atoms with Crippen molar-refractivity contribution >= 4 is 35.0 Å². The monoisotopic (exact) mass is 481 g/mol. The number of nitrogens with one attached hydrogen (secondary N) is 1. The van der Waals surface area contributed by atoms with Gasteiger partial charge in [0.15, 0.2) is 0 Å². The van der Waals surface area contributed by atoms with Gasteiger partial charge in [-0.25, -0.2) is 0 Å². The second-order valence-electron chi connectivity index (χ2n) is 9.09. The van der Waals surface area contributed by atoms with Crippen molar-refractivity contribution in [3.8, 4) is 0 Å². The number of benzene rings is 3. The molecule has 3 aromatic rings. The molecule has 3 aromatic carbocycles. The molecular formula is C29H27N3O4. The predicted octanol–water partition coefficient (Wildman–Crippen LogP) is 2.97. The molecule has 0 radical (unpaired) electrons. The van der Waals surface area contributed by atoms with Crippen LogP contribution in [0.3, 0.4) is 0 Å². The highest BCUT2D eigenvalue weighted by Crippen LogP contribution is 2.32. The largest absolute Gasteiger partial charge is 0.395 e. The van der Waals surface area contributed by atoms with Gasteiger partial charge in [0.1, 0.15) is 6.04 Å². The number of Topliss-reactive ketones (excluding diaryl/α,β-unsaturated/α-hetero) is 1. The summed E-state index contributed by atoms with van der Waals surface area (Å²) in [6.07, 6.45) is 3.95. The van der Waals surface area contributed by atoms with Crippen molar-refractivity contribution in [1.29, 1.82) is 0 Å². The summed E-state index contributed by atoms with van der Waals surface area (Å²) >= 11 is 0. The van der Waals surface area contributed by atoms with Gasteiger partial charge < -0.3 is 14.9 Å². The average Bonchev–Trinajstić information content (AvgIpc) is 3.15. The molecule has 2 N–H and O–H groups in total. The molecule has 2 aliphatic heterocycles. The molecule has 2 heterocycles. The number of anilines is 2. The molecule has 0 saturated carbocycles. The lowest BCUT2D eigenvalue weighted by Crippen LogP contribution is -2.72. The Balaban J connectivity index is 1.37. The van der Waals surface area contributed by atoms with E-state index in [-0.39, 0.29) is 25.1 Å². The standard InChI is InChI=1S/C29H27N3O4/c1-19-11-14-22(15-12-19)32-25(16-13-20-7-3-2-4-8-20)26(28(32)35)30-21(18-33)17-31-24-10-6-5-9-23(24)27(34)29(31)36/h2-16,21,25-26,30,33H,17-18H2,1H3/b16-13+/t21?,25-,26+/m1/s1. The van der Waals surface area contributed by atoms with E-state index in [1.165, 1.54) is 4.90 Å². The van der Waals surface area contributed by atoms with E-state index >= 15 is 0 Å². The van der Waals surface area contributed by atoms with E-state index in [9.17, 15) is 19.5 Å². The Bertz CT molecular complexity index is 1320. The van der Waals surface area contributed by atoms with Gasteiger partial charge in [0, 0.05) is 18.3 Å². The van der Waals surface area contributed by atoms with Crippen LogP contribution >= 0.6 is 0 Å². The Labute approximate surface area is 209 Å². The third-order valence-electron chi connectivity index (χ3n) is 6.66. The fraction of sp³-hybridized carbons (Fsp3) is 0.207. The summed E-state index contributed by atoms with van der Waals surface area (Å²) in [6.45, 7) is 1.76. The van der Waals surface area contributed by atoms with Crippen LogP contribution in [0.4, 0.5) is 11.4 Å². The van der Waals surface area contributed by atoms with Crippen LogP contribution in [0, 0.1) is 6.92 Å². The fourth-order valence-corrected chi connectivity index (χ4v) is 4.72. The van der Waals surface area contributed by atoms with Crippen LogP contribution in [-0.4, -0.2) is 54.0 Å². The molecule has 2 aliphatic rings. The zero-order chi connectivity index (χ0) is 25.2. The first-order valence-electron chi connectivity index (χ1n) is 11.9. The van der Waals surface area contributed by atoms with Crippen LogP contribution in [0.5, 0.6) is 0 Å². The van der Waals surface area contributed by atoms with Gasteiger partial charge in [-0.3, -0.25) is 19.7 Å². The molecule has 182 valence electrons. The maximum Gasteiger partial charge on any atom is 0.299 e. The summed E-state index contributed by atoms with van der Waals surface area (Å²) in [7, 11) is 0. The smallest absolute Gasteiger partial charge is 0.299 e. The van der Waals surface area contributed by atoms with Crippen molar-refractivity contribution in [1.82, 2.24) is 5.32 Å². The minimum atomic E-state index is -0.627. The second-order valence-corrected chi connectivity index (χ2v) is 9.09. The molecule has 1 fully saturated rings. The van der Waals surface area contributed by atoms with Crippen LogP contribution in [-0.2, 0) is 9.59 Å². The average molecular weight is 482 g/mol. The number of para-hydroxylation sites is 1. The van der Waals surface area contributed by atoms with Crippen LogP contribution < -0.4 is 15.1 Å². The highest BCUT2D eigenvalue weighted by Gasteiger charge is 2.48. The third kappa shape index (κ3) is 4.34. The number of amides is 2. The molecule has 0 aromatic heterocycles. The van der Waals surface area contributed by atoms with Gasteiger partial charge >= 0.3 is 0 Å². The van der Waals surface area contributed by atoms with E-state index in [1.807, 2.05) is 73.7 Å². The van der Waals surface area contributed by atoms with Gasteiger partial charge in [0.05, 0.1) is 23.9 Å². The van der Waals surface area contributed by atoms with Crippen LogP contribution in [0.1, 0.15) is 21.5 Å². The van der Waals surface area contributed by atoms with Gasteiger partial charge in [-0.15, -0.1) is 0 Å². The van der Waals surface area contributed by atoms with Crippen molar-refractivity contribution in [3.05, 3.63) is 102 Å². The molecule has 7 heteroatoms. The minimum Gasteiger partial charge on any atom is -0.395 e. The molecule has 1 saturated heterocycles. The van der Waals surface area contributed by atoms with Gasteiger partial charge in [0.2, 0.25) is 5.91 Å². The summed E-state index contributed by atoms with van der Waals surface area (Å²) in [5, 5.41) is 13.4. The van der Waals surface area contributed by atoms with Gasteiger partial charge in [0.25, 0.3) is 11.7 Å². The summed E-state index contributed by atoms with van der Waals surface area (Å²) < 4.78 is 0. The van der Waals surface area contributed by atoms with Crippen molar-refractivity contribution < 1.29 is 19.5 Å². The Kier molecular flexibility index (Phi) is 6.50. The Morgan fingerprint density at radius 3 is 2.36 bits per heavy atom. The molecule has 0 spiro atoms. The third-order valence-corrected chi connectivity index (χ3v) is 6.66. The molecule has 3 atom stereocenters. The number of hydrogen-bond donors (Lipinski definition) is 2. The normalized spacial score (nSPS) is 20.1. The molecule has 1 unspecified atom stereocenters. The lowest BCUT2D eigenvalue weighted by Gasteiger charge is -2.47. The number of aryl methyl sites for hydroxylation is 1. The van der Waals surface area contributed by atoms with E-state index in [0.29, 0.717) is 11.3 Å².